The average molecular weight is 193 g/mol. The van der Waals surface area contributed by atoms with E-state index in [0.717, 1.165) is 0 Å². The third kappa shape index (κ3) is 2.56. The fourth-order valence-electron chi connectivity index (χ4n) is 1.77. The number of ether oxygens (including phenoxy) is 1. The van der Waals surface area contributed by atoms with Crippen molar-refractivity contribution in [2.24, 2.45) is 5.73 Å². The first kappa shape index (κ1) is 11.2. The molecule has 0 heterocycles. The van der Waals surface area contributed by atoms with E-state index in [1.165, 1.54) is 16.7 Å². The SMILES string of the molecule is COCC(CN)c1ccc(C)cc1C. The smallest absolute Gasteiger partial charge is 0.0543 e. The van der Waals surface area contributed by atoms with Crippen molar-refractivity contribution in [3.63, 3.8) is 0 Å². The monoisotopic (exact) mass is 193 g/mol. The molecule has 2 heteroatoms. The highest BCUT2D eigenvalue weighted by molar-refractivity contribution is 5.33. The Kier molecular flexibility index (Phi) is 4.11. The Bertz CT molecular complexity index is 296. The Labute approximate surface area is 86.1 Å². The molecule has 2 nitrogen and oxygen atoms in total. The first-order chi connectivity index (χ1) is 6.69. The number of methoxy groups -OCH3 is 1. The van der Waals surface area contributed by atoms with Gasteiger partial charge >= 0.3 is 0 Å². The molecule has 14 heavy (non-hydrogen) atoms. The normalized spacial score (nSPS) is 12.9. The van der Waals surface area contributed by atoms with Crippen molar-refractivity contribution in [3.05, 3.63) is 34.9 Å². The molecule has 0 fully saturated rings. The third-order valence-electron chi connectivity index (χ3n) is 2.52. The molecule has 0 aliphatic heterocycles. The minimum atomic E-state index is 0.320. The topological polar surface area (TPSA) is 35.2 Å². The molecule has 0 spiro atoms. The molecule has 1 unspecified atom stereocenters. The Morgan fingerprint density at radius 2 is 2.07 bits per heavy atom. The van der Waals surface area contributed by atoms with E-state index in [-0.39, 0.29) is 0 Å². The molecule has 0 bridgehead atoms. The molecule has 0 aromatic heterocycles. The number of benzene rings is 1. The van der Waals surface area contributed by atoms with E-state index in [9.17, 15) is 0 Å². The van der Waals surface area contributed by atoms with Gasteiger partial charge < -0.3 is 10.5 Å². The summed E-state index contributed by atoms with van der Waals surface area (Å²) in [5.74, 6) is 0.320. The van der Waals surface area contributed by atoms with Gasteiger partial charge in [-0.25, -0.2) is 0 Å². The summed E-state index contributed by atoms with van der Waals surface area (Å²) in [6.45, 7) is 5.56. The summed E-state index contributed by atoms with van der Waals surface area (Å²) in [4.78, 5) is 0. The Hall–Kier alpha value is -0.860. The zero-order valence-corrected chi connectivity index (χ0v) is 9.21. The second-order valence-electron chi connectivity index (χ2n) is 3.75. The van der Waals surface area contributed by atoms with Gasteiger partial charge in [0.05, 0.1) is 6.61 Å². The molecule has 2 N–H and O–H groups in total. The number of nitrogens with two attached hydrogens (primary N) is 1. The van der Waals surface area contributed by atoms with Crippen molar-refractivity contribution >= 4 is 0 Å². The van der Waals surface area contributed by atoms with E-state index in [1.807, 2.05) is 0 Å². The van der Waals surface area contributed by atoms with E-state index >= 15 is 0 Å². The van der Waals surface area contributed by atoms with Gasteiger partial charge in [0.25, 0.3) is 0 Å². The van der Waals surface area contributed by atoms with Crippen molar-refractivity contribution < 1.29 is 4.74 Å². The molecule has 1 aromatic rings. The predicted octanol–water partition coefficient (Wildman–Crippen LogP) is 1.99. The predicted molar refractivity (Wildman–Crippen MR) is 59.6 cm³/mol. The van der Waals surface area contributed by atoms with Crippen LogP contribution in [0.1, 0.15) is 22.6 Å². The minimum absolute atomic E-state index is 0.320. The van der Waals surface area contributed by atoms with Crippen LogP contribution in [0.25, 0.3) is 0 Å². The summed E-state index contributed by atoms with van der Waals surface area (Å²) in [6.07, 6.45) is 0. The maximum absolute atomic E-state index is 5.72. The molecule has 1 aromatic carbocycles. The molecule has 1 atom stereocenters. The fraction of sp³-hybridized carbons (Fsp3) is 0.500. The second kappa shape index (κ2) is 5.13. The van der Waals surface area contributed by atoms with Crippen LogP contribution in [0.4, 0.5) is 0 Å². The standard InChI is InChI=1S/C12H19NO/c1-9-4-5-12(10(2)6-9)11(7-13)8-14-3/h4-6,11H,7-8,13H2,1-3H3. The molecule has 0 aliphatic carbocycles. The van der Waals surface area contributed by atoms with Crippen molar-refractivity contribution in [3.8, 4) is 0 Å². The van der Waals surface area contributed by atoms with Gasteiger partial charge in [0.15, 0.2) is 0 Å². The van der Waals surface area contributed by atoms with Gasteiger partial charge in [0.2, 0.25) is 0 Å². The van der Waals surface area contributed by atoms with E-state index in [4.69, 9.17) is 10.5 Å². The van der Waals surface area contributed by atoms with Crippen LogP contribution in [0, 0.1) is 13.8 Å². The van der Waals surface area contributed by atoms with Crippen LogP contribution in [-0.2, 0) is 4.74 Å². The Morgan fingerprint density at radius 3 is 2.57 bits per heavy atom. The van der Waals surface area contributed by atoms with E-state index < -0.39 is 0 Å². The van der Waals surface area contributed by atoms with Crippen molar-refractivity contribution in [1.82, 2.24) is 0 Å². The molecule has 0 saturated carbocycles. The Morgan fingerprint density at radius 1 is 1.36 bits per heavy atom. The van der Waals surface area contributed by atoms with Gasteiger partial charge in [-0.15, -0.1) is 0 Å². The average Bonchev–Trinajstić information content (AvgIpc) is 2.15. The van der Waals surface area contributed by atoms with Crippen LogP contribution in [0.3, 0.4) is 0 Å². The zero-order chi connectivity index (χ0) is 10.6. The fourth-order valence-corrected chi connectivity index (χ4v) is 1.77. The first-order valence-corrected chi connectivity index (χ1v) is 4.95. The lowest BCUT2D eigenvalue weighted by molar-refractivity contribution is 0.181. The lowest BCUT2D eigenvalue weighted by Crippen LogP contribution is -2.18. The van der Waals surface area contributed by atoms with E-state index in [2.05, 4.69) is 32.0 Å². The molecular formula is C12H19NO. The van der Waals surface area contributed by atoms with Crippen LogP contribution < -0.4 is 5.73 Å². The Balaban J connectivity index is 2.92. The lowest BCUT2D eigenvalue weighted by Gasteiger charge is -2.16. The van der Waals surface area contributed by atoms with Gasteiger partial charge in [0.1, 0.15) is 0 Å². The molecule has 0 radical (unpaired) electrons. The van der Waals surface area contributed by atoms with Gasteiger partial charge in [0, 0.05) is 19.6 Å². The highest BCUT2D eigenvalue weighted by Gasteiger charge is 2.11. The summed E-state index contributed by atoms with van der Waals surface area (Å²) in [6, 6.07) is 6.47. The molecule has 0 amide bonds. The molecule has 0 aliphatic rings. The summed E-state index contributed by atoms with van der Waals surface area (Å²) in [5.41, 5.74) is 9.62. The van der Waals surface area contributed by atoms with Crippen LogP contribution in [-0.4, -0.2) is 20.3 Å². The molecule has 78 valence electrons. The summed E-state index contributed by atoms with van der Waals surface area (Å²) >= 11 is 0. The van der Waals surface area contributed by atoms with Crippen LogP contribution in [0.2, 0.25) is 0 Å². The molecular weight excluding hydrogens is 174 g/mol. The van der Waals surface area contributed by atoms with Crippen molar-refractivity contribution in [2.75, 3.05) is 20.3 Å². The summed E-state index contributed by atoms with van der Waals surface area (Å²) in [5, 5.41) is 0. The van der Waals surface area contributed by atoms with Gasteiger partial charge in [-0.1, -0.05) is 23.8 Å². The lowest BCUT2D eigenvalue weighted by atomic mass is 9.94. The van der Waals surface area contributed by atoms with Crippen LogP contribution in [0.5, 0.6) is 0 Å². The highest BCUT2D eigenvalue weighted by atomic mass is 16.5. The highest BCUT2D eigenvalue weighted by Crippen LogP contribution is 2.20. The summed E-state index contributed by atoms with van der Waals surface area (Å²) in [7, 11) is 1.71. The second-order valence-corrected chi connectivity index (χ2v) is 3.75. The van der Waals surface area contributed by atoms with E-state index in [0.29, 0.717) is 19.1 Å². The van der Waals surface area contributed by atoms with Crippen LogP contribution >= 0.6 is 0 Å². The molecule has 0 saturated heterocycles. The largest absolute Gasteiger partial charge is 0.384 e. The first-order valence-electron chi connectivity index (χ1n) is 4.95. The van der Waals surface area contributed by atoms with Crippen LogP contribution in [0.15, 0.2) is 18.2 Å². The number of hydrogen-bond donors (Lipinski definition) is 1. The van der Waals surface area contributed by atoms with Gasteiger partial charge in [-0.05, 0) is 25.0 Å². The van der Waals surface area contributed by atoms with E-state index in [1.54, 1.807) is 7.11 Å². The minimum Gasteiger partial charge on any atom is -0.384 e. The van der Waals surface area contributed by atoms with Crippen molar-refractivity contribution in [2.45, 2.75) is 19.8 Å². The molecule has 1 rings (SSSR count). The maximum Gasteiger partial charge on any atom is 0.0543 e. The summed E-state index contributed by atoms with van der Waals surface area (Å²) < 4.78 is 5.15. The number of rotatable bonds is 4. The van der Waals surface area contributed by atoms with Gasteiger partial charge in [-0.2, -0.15) is 0 Å². The number of hydrogen-bond acceptors (Lipinski definition) is 2. The maximum atomic E-state index is 5.72. The van der Waals surface area contributed by atoms with Crippen molar-refractivity contribution in [1.29, 1.82) is 0 Å². The number of aryl methyl sites for hydroxylation is 2. The zero-order valence-electron chi connectivity index (χ0n) is 9.21. The quantitative estimate of drug-likeness (QED) is 0.793. The third-order valence-corrected chi connectivity index (χ3v) is 2.52. The van der Waals surface area contributed by atoms with Gasteiger partial charge in [-0.3, -0.25) is 0 Å².